The number of hydrogen-bond donors (Lipinski definition) is 1. The van der Waals surface area contributed by atoms with Crippen LogP contribution in [0.3, 0.4) is 0 Å². The number of rotatable bonds is 4. The first-order valence-electron chi connectivity index (χ1n) is 9.76. The summed E-state index contributed by atoms with van der Waals surface area (Å²) in [5.41, 5.74) is 2.73. The third-order valence-corrected chi connectivity index (χ3v) is 6.43. The highest BCUT2D eigenvalue weighted by Crippen LogP contribution is 2.40. The lowest BCUT2D eigenvalue weighted by Crippen LogP contribution is -2.46. The summed E-state index contributed by atoms with van der Waals surface area (Å²) in [6, 6.07) is 4.47. The Morgan fingerprint density at radius 1 is 1.15 bits per heavy atom. The van der Waals surface area contributed by atoms with Crippen molar-refractivity contribution in [2.45, 2.75) is 83.9 Å². The molecular weight excluding hydrogens is 356 g/mol. The SMILES string of the molecule is CC(C)N(C)N1CSC(Cc2cc(C(C)(C)C)c(O)c(C(C)(C)C)c2)C1=O. The second kappa shape index (κ2) is 7.67. The van der Waals surface area contributed by atoms with Crippen LogP contribution in [0.15, 0.2) is 12.1 Å². The van der Waals surface area contributed by atoms with Crippen LogP contribution < -0.4 is 0 Å². The summed E-state index contributed by atoms with van der Waals surface area (Å²) in [5, 5.41) is 14.7. The predicted molar refractivity (Wildman–Crippen MR) is 115 cm³/mol. The van der Waals surface area contributed by atoms with Gasteiger partial charge in [0.25, 0.3) is 5.91 Å². The Bertz CT molecular complexity index is 666. The molecule has 1 aliphatic heterocycles. The summed E-state index contributed by atoms with van der Waals surface area (Å²) in [7, 11) is 1.97. The number of hydrogen-bond acceptors (Lipinski definition) is 4. The second-order valence-electron chi connectivity index (χ2n) is 9.93. The molecule has 152 valence electrons. The maximum Gasteiger partial charge on any atom is 0.251 e. The lowest BCUT2D eigenvalue weighted by atomic mass is 9.78. The van der Waals surface area contributed by atoms with Crippen molar-refractivity contribution in [1.29, 1.82) is 0 Å². The van der Waals surface area contributed by atoms with Crippen LogP contribution in [0.2, 0.25) is 0 Å². The van der Waals surface area contributed by atoms with Gasteiger partial charge < -0.3 is 5.11 Å². The Balaban J connectivity index is 2.36. The Kier molecular flexibility index (Phi) is 6.27. The first-order valence-corrected chi connectivity index (χ1v) is 10.8. The molecule has 4 nitrogen and oxygen atoms in total. The lowest BCUT2D eigenvalue weighted by molar-refractivity contribution is -0.144. The van der Waals surface area contributed by atoms with Gasteiger partial charge in [0.2, 0.25) is 0 Å². The summed E-state index contributed by atoms with van der Waals surface area (Å²) < 4.78 is 0. The van der Waals surface area contributed by atoms with Crippen molar-refractivity contribution in [2.24, 2.45) is 0 Å². The smallest absolute Gasteiger partial charge is 0.251 e. The average molecular weight is 393 g/mol. The number of benzene rings is 1. The van der Waals surface area contributed by atoms with Gasteiger partial charge in [-0.3, -0.25) is 9.80 Å². The molecule has 0 spiro atoms. The molecule has 1 amide bonds. The fraction of sp³-hybridized carbons (Fsp3) is 0.682. The fourth-order valence-corrected chi connectivity index (χ4v) is 4.51. The highest BCUT2D eigenvalue weighted by molar-refractivity contribution is 8.01. The number of phenols is 1. The first kappa shape index (κ1) is 22.1. The molecule has 0 aliphatic carbocycles. The number of nitrogens with zero attached hydrogens (tertiary/aromatic N) is 2. The van der Waals surface area contributed by atoms with E-state index in [9.17, 15) is 9.90 Å². The van der Waals surface area contributed by atoms with Gasteiger partial charge in [-0.2, -0.15) is 0 Å². The summed E-state index contributed by atoms with van der Waals surface area (Å²) in [6.45, 7) is 16.9. The van der Waals surface area contributed by atoms with E-state index in [2.05, 4.69) is 67.5 Å². The van der Waals surface area contributed by atoms with Gasteiger partial charge in [-0.05, 0) is 47.8 Å². The molecule has 1 heterocycles. The number of carbonyl (C=O) groups is 1. The Morgan fingerprint density at radius 2 is 1.63 bits per heavy atom. The molecule has 1 saturated heterocycles. The summed E-state index contributed by atoms with van der Waals surface area (Å²) >= 11 is 1.70. The summed E-state index contributed by atoms with van der Waals surface area (Å²) in [6.07, 6.45) is 0.693. The van der Waals surface area contributed by atoms with Gasteiger partial charge in [0.1, 0.15) is 5.75 Å². The van der Waals surface area contributed by atoms with Crippen molar-refractivity contribution in [3.63, 3.8) is 0 Å². The third-order valence-electron chi connectivity index (χ3n) is 5.26. The topological polar surface area (TPSA) is 43.8 Å². The van der Waals surface area contributed by atoms with Gasteiger partial charge in [-0.25, -0.2) is 5.01 Å². The van der Waals surface area contributed by atoms with E-state index in [1.54, 1.807) is 11.8 Å². The van der Waals surface area contributed by atoms with E-state index in [1.807, 2.05) is 17.1 Å². The molecule has 1 aromatic carbocycles. The molecule has 0 bridgehead atoms. The van der Waals surface area contributed by atoms with Crippen LogP contribution in [0.4, 0.5) is 0 Å². The molecule has 27 heavy (non-hydrogen) atoms. The number of amides is 1. The zero-order valence-corrected chi connectivity index (χ0v) is 19.2. The molecular formula is C22H36N2O2S. The highest BCUT2D eigenvalue weighted by Gasteiger charge is 2.36. The van der Waals surface area contributed by atoms with Crippen LogP contribution in [-0.2, 0) is 22.0 Å². The van der Waals surface area contributed by atoms with Crippen LogP contribution in [0.1, 0.15) is 72.1 Å². The van der Waals surface area contributed by atoms with E-state index in [1.165, 1.54) is 0 Å². The number of aromatic hydroxyl groups is 1. The van der Waals surface area contributed by atoms with E-state index in [-0.39, 0.29) is 22.0 Å². The number of carbonyl (C=O) groups excluding carboxylic acids is 1. The van der Waals surface area contributed by atoms with Gasteiger partial charge >= 0.3 is 0 Å². The van der Waals surface area contributed by atoms with Crippen LogP contribution in [0.25, 0.3) is 0 Å². The molecule has 1 N–H and O–H groups in total. The van der Waals surface area contributed by atoms with Gasteiger partial charge in [0.05, 0.1) is 11.1 Å². The average Bonchev–Trinajstić information content (AvgIpc) is 2.86. The monoisotopic (exact) mass is 392 g/mol. The van der Waals surface area contributed by atoms with E-state index >= 15 is 0 Å². The van der Waals surface area contributed by atoms with Crippen molar-refractivity contribution in [3.05, 3.63) is 28.8 Å². The summed E-state index contributed by atoms with van der Waals surface area (Å²) in [4.78, 5) is 12.9. The Hall–Kier alpha value is -1.20. The second-order valence-corrected chi connectivity index (χ2v) is 11.1. The largest absolute Gasteiger partial charge is 0.507 e. The molecule has 0 aromatic heterocycles. The Morgan fingerprint density at radius 3 is 2.04 bits per heavy atom. The lowest BCUT2D eigenvalue weighted by Gasteiger charge is -2.31. The molecule has 1 aliphatic rings. The molecule has 1 fully saturated rings. The van der Waals surface area contributed by atoms with Gasteiger partial charge in [0.15, 0.2) is 0 Å². The van der Waals surface area contributed by atoms with Crippen LogP contribution in [-0.4, -0.2) is 45.2 Å². The minimum Gasteiger partial charge on any atom is -0.507 e. The van der Waals surface area contributed by atoms with Crippen molar-refractivity contribution in [1.82, 2.24) is 10.0 Å². The maximum absolute atomic E-state index is 12.9. The zero-order chi connectivity index (χ0) is 20.7. The third kappa shape index (κ3) is 4.80. The predicted octanol–water partition coefficient (Wildman–Crippen LogP) is 4.69. The first-order chi connectivity index (χ1) is 12.2. The van der Waals surface area contributed by atoms with Crippen molar-refractivity contribution in [3.8, 4) is 5.75 Å². The molecule has 1 aromatic rings. The molecule has 1 unspecified atom stereocenters. The van der Waals surface area contributed by atoms with Gasteiger partial charge in [-0.1, -0.05) is 53.7 Å². The van der Waals surface area contributed by atoms with Gasteiger partial charge in [0, 0.05) is 13.1 Å². The van der Waals surface area contributed by atoms with Crippen LogP contribution in [0.5, 0.6) is 5.75 Å². The van der Waals surface area contributed by atoms with E-state index < -0.39 is 0 Å². The maximum atomic E-state index is 12.9. The van der Waals surface area contributed by atoms with Crippen LogP contribution in [0, 0.1) is 0 Å². The molecule has 0 radical (unpaired) electrons. The zero-order valence-electron chi connectivity index (χ0n) is 18.4. The molecule has 1 atom stereocenters. The van der Waals surface area contributed by atoms with Crippen molar-refractivity contribution in [2.75, 3.05) is 12.9 Å². The molecule has 5 heteroatoms. The number of phenolic OH excluding ortho intramolecular Hbond substituents is 1. The summed E-state index contributed by atoms with van der Waals surface area (Å²) in [5.74, 6) is 1.28. The highest BCUT2D eigenvalue weighted by atomic mass is 32.2. The van der Waals surface area contributed by atoms with Crippen molar-refractivity contribution < 1.29 is 9.90 Å². The fourth-order valence-electron chi connectivity index (χ4n) is 3.30. The van der Waals surface area contributed by atoms with Crippen LogP contribution >= 0.6 is 11.8 Å². The number of hydrazine groups is 1. The van der Waals surface area contributed by atoms with E-state index in [4.69, 9.17) is 0 Å². The van der Waals surface area contributed by atoms with Crippen molar-refractivity contribution >= 4 is 17.7 Å². The standard InChI is InChI=1S/C22H36N2O2S/c1-14(2)23(9)24-13-27-18(20(24)26)12-15-10-16(21(3,4)5)19(25)17(11-15)22(6,7)8/h10-11,14,18,25H,12-13H2,1-9H3. The number of thioether (sulfide) groups is 1. The van der Waals surface area contributed by atoms with E-state index in [0.29, 0.717) is 24.1 Å². The quantitative estimate of drug-likeness (QED) is 0.807. The minimum absolute atomic E-state index is 0.0728. The molecule has 0 saturated carbocycles. The normalized spacial score (nSPS) is 18.9. The van der Waals surface area contributed by atoms with E-state index in [0.717, 1.165) is 16.7 Å². The minimum atomic E-state index is -0.156. The van der Waals surface area contributed by atoms with Gasteiger partial charge in [-0.15, -0.1) is 11.8 Å². The molecule has 2 rings (SSSR count). The Labute approximate surface area is 169 Å².